The molecule has 1 aliphatic heterocycles. The van der Waals surface area contributed by atoms with Gasteiger partial charge in [0, 0.05) is 12.6 Å². The predicted octanol–water partition coefficient (Wildman–Crippen LogP) is 0.656. The van der Waals surface area contributed by atoms with Crippen LogP contribution in [0.4, 0.5) is 0 Å². The van der Waals surface area contributed by atoms with E-state index in [1.54, 1.807) is 0 Å². The molecule has 1 heterocycles. The maximum atomic E-state index is 11.4. The molecule has 1 saturated carbocycles. The van der Waals surface area contributed by atoms with Gasteiger partial charge in [-0.2, -0.15) is 0 Å². The summed E-state index contributed by atoms with van der Waals surface area (Å²) in [6, 6.07) is 0.161. The minimum Gasteiger partial charge on any atom is -0.393 e. The van der Waals surface area contributed by atoms with Crippen molar-refractivity contribution in [2.75, 3.05) is 25.1 Å². The van der Waals surface area contributed by atoms with Crippen molar-refractivity contribution in [1.82, 2.24) is 4.90 Å². The van der Waals surface area contributed by atoms with E-state index in [1.807, 2.05) is 7.05 Å². The Labute approximate surface area is 104 Å². The van der Waals surface area contributed by atoms with Crippen LogP contribution in [-0.4, -0.2) is 55.7 Å². The zero-order chi connectivity index (χ0) is 12.5. The molecule has 0 aromatic rings. The SMILES string of the molecule is CN(CC1CCCCC1O)C1CCS(=O)(=O)C1. The minimum absolute atomic E-state index is 0.161. The normalized spacial score (nSPS) is 37.5. The third-order valence-electron chi connectivity index (χ3n) is 4.22. The lowest BCUT2D eigenvalue weighted by Gasteiger charge is -2.33. The van der Waals surface area contributed by atoms with Gasteiger partial charge >= 0.3 is 0 Å². The fourth-order valence-electron chi connectivity index (χ4n) is 3.04. The topological polar surface area (TPSA) is 57.6 Å². The molecule has 2 rings (SSSR count). The van der Waals surface area contributed by atoms with Crippen molar-refractivity contribution in [3.8, 4) is 0 Å². The van der Waals surface area contributed by atoms with Gasteiger partial charge in [0.15, 0.2) is 9.84 Å². The second kappa shape index (κ2) is 5.24. The Morgan fingerprint density at radius 3 is 2.53 bits per heavy atom. The van der Waals surface area contributed by atoms with Crippen LogP contribution in [0.1, 0.15) is 32.1 Å². The fraction of sp³-hybridized carbons (Fsp3) is 1.00. The zero-order valence-corrected chi connectivity index (χ0v) is 11.3. The fourth-order valence-corrected chi connectivity index (χ4v) is 4.85. The van der Waals surface area contributed by atoms with Gasteiger partial charge in [-0.25, -0.2) is 8.42 Å². The molecule has 1 aliphatic carbocycles. The van der Waals surface area contributed by atoms with Crippen LogP contribution in [0.3, 0.4) is 0 Å². The van der Waals surface area contributed by atoms with Crippen molar-refractivity contribution < 1.29 is 13.5 Å². The Kier molecular flexibility index (Phi) is 4.10. The van der Waals surface area contributed by atoms with Crippen LogP contribution in [0.2, 0.25) is 0 Å². The summed E-state index contributed by atoms with van der Waals surface area (Å²) in [6.07, 6.45) is 4.86. The third kappa shape index (κ3) is 3.42. The maximum absolute atomic E-state index is 11.4. The first kappa shape index (κ1) is 13.3. The number of sulfone groups is 1. The number of hydrogen-bond donors (Lipinski definition) is 1. The van der Waals surface area contributed by atoms with Crippen LogP contribution < -0.4 is 0 Å². The molecule has 2 fully saturated rings. The second-order valence-corrected chi connectivity index (χ2v) is 7.84. The van der Waals surface area contributed by atoms with Crippen molar-refractivity contribution >= 4 is 9.84 Å². The summed E-state index contributed by atoms with van der Waals surface area (Å²) in [5, 5.41) is 9.92. The highest BCUT2D eigenvalue weighted by molar-refractivity contribution is 7.91. The van der Waals surface area contributed by atoms with E-state index in [4.69, 9.17) is 0 Å². The molecule has 3 unspecified atom stereocenters. The molecule has 0 radical (unpaired) electrons. The van der Waals surface area contributed by atoms with E-state index in [9.17, 15) is 13.5 Å². The Bertz CT molecular complexity index is 355. The van der Waals surface area contributed by atoms with Crippen molar-refractivity contribution in [3.63, 3.8) is 0 Å². The van der Waals surface area contributed by atoms with Crippen molar-refractivity contribution in [2.45, 2.75) is 44.2 Å². The summed E-state index contributed by atoms with van der Waals surface area (Å²) in [5.41, 5.74) is 0. The van der Waals surface area contributed by atoms with Crippen LogP contribution in [0.15, 0.2) is 0 Å². The van der Waals surface area contributed by atoms with Gasteiger partial charge in [0.1, 0.15) is 0 Å². The van der Waals surface area contributed by atoms with Crippen molar-refractivity contribution in [2.24, 2.45) is 5.92 Å². The van der Waals surface area contributed by atoms with Gasteiger partial charge in [0.2, 0.25) is 0 Å². The first-order valence-corrected chi connectivity index (χ1v) is 8.39. The van der Waals surface area contributed by atoms with Crippen LogP contribution >= 0.6 is 0 Å². The number of aliphatic hydroxyl groups excluding tert-OH is 1. The highest BCUT2D eigenvalue weighted by Gasteiger charge is 2.33. The quantitative estimate of drug-likeness (QED) is 0.811. The Morgan fingerprint density at radius 2 is 1.94 bits per heavy atom. The Hall–Kier alpha value is -0.130. The van der Waals surface area contributed by atoms with Crippen molar-refractivity contribution in [3.05, 3.63) is 0 Å². The average molecular weight is 261 g/mol. The summed E-state index contributed by atoms with van der Waals surface area (Å²) in [5.74, 6) is 0.957. The van der Waals surface area contributed by atoms with Gasteiger partial charge in [-0.3, -0.25) is 0 Å². The molecule has 0 bridgehead atoms. The van der Waals surface area contributed by atoms with E-state index in [2.05, 4.69) is 4.90 Å². The summed E-state index contributed by atoms with van der Waals surface area (Å²) in [6.45, 7) is 0.835. The van der Waals surface area contributed by atoms with Crippen LogP contribution in [0, 0.1) is 5.92 Å². The largest absolute Gasteiger partial charge is 0.393 e. The van der Waals surface area contributed by atoms with Crippen LogP contribution in [0.25, 0.3) is 0 Å². The lowest BCUT2D eigenvalue weighted by atomic mass is 9.86. The first-order chi connectivity index (χ1) is 7.98. The highest BCUT2D eigenvalue weighted by Crippen LogP contribution is 2.26. The summed E-state index contributed by atoms with van der Waals surface area (Å²) in [7, 11) is -0.806. The smallest absolute Gasteiger partial charge is 0.151 e. The van der Waals surface area contributed by atoms with Crippen molar-refractivity contribution in [1.29, 1.82) is 0 Å². The number of hydrogen-bond acceptors (Lipinski definition) is 4. The molecule has 0 aromatic heterocycles. The molecule has 5 heteroatoms. The molecule has 0 aromatic carbocycles. The van der Waals surface area contributed by atoms with Gasteiger partial charge in [-0.15, -0.1) is 0 Å². The van der Waals surface area contributed by atoms with E-state index < -0.39 is 9.84 Å². The van der Waals surface area contributed by atoms with Gasteiger partial charge < -0.3 is 10.0 Å². The lowest BCUT2D eigenvalue weighted by molar-refractivity contribution is 0.0453. The number of nitrogens with zero attached hydrogens (tertiary/aromatic N) is 1. The Balaban J connectivity index is 1.86. The molecule has 0 spiro atoms. The van der Waals surface area contributed by atoms with E-state index in [1.165, 1.54) is 6.42 Å². The summed E-state index contributed by atoms with van der Waals surface area (Å²) in [4.78, 5) is 2.14. The van der Waals surface area contributed by atoms with Gasteiger partial charge in [-0.05, 0) is 32.2 Å². The monoisotopic (exact) mass is 261 g/mol. The molecule has 100 valence electrons. The van der Waals surface area contributed by atoms with Crippen LogP contribution in [-0.2, 0) is 9.84 Å². The predicted molar refractivity (Wildman–Crippen MR) is 67.7 cm³/mol. The third-order valence-corrected chi connectivity index (χ3v) is 5.97. The average Bonchev–Trinajstić information content (AvgIpc) is 2.62. The lowest BCUT2D eigenvalue weighted by Crippen LogP contribution is -2.40. The summed E-state index contributed by atoms with van der Waals surface area (Å²) >= 11 is 0. The zero-order valence-electron chi connectivity index (χ0n) is 10.5. The van der Waals surface area contributed by atoms with Gasteiger partial charge in [0.25, 0.3) is 0 Å². The minimum atomic E-state index is -2.80. The van der Waals surface area contributed by atoms with E-state index in [0.717, 1.165) is 32.2 Å². The molecular formula is C12H23NO3S. The van der Waals surface area contributed by atoms with Gasteiger partial charge in [-0.1, -0.05) is 12.8 Å². The maximum Gasteiger partial charge on any atom is 0.151 e. The molecule has 0 amide bonds. The molecule has 17 heavy (non-hydrogen) atoms. The highest BCUT2D eigenvalue weighted by atomic mass is 32.2. The number of rotatable bonds is 3. The standard InChI is InChI=1S/C12H23NO3S/c1-13(11-6-7-17(15,16)9-11)8-10-4-2-3-5-12(10)14/h10-12,14H,2-9H2,1H3. The molecular weight excluding hydrogens is 238 g/mol. The van der Waals surface area contributed by atoms with Crippen LogP contribution in [0.5, 0.6) is 0 Å². The second-order valence-electron chi connectivity index (χ2n) is 5.61. The van der Waals surface area contributed by atoms with E-state index >= 15 is 0 Å². The molecule has 1 saturated heterocycles. The molecule has 3 atom stereocenters. The Morgan fingerprint density at radius 1 is 1.24 bits per heavy atom. The first-order valence-electron chi connectivity index (χ1n) is 6.57. The van der Waals surface area contributed by atoms with E-state index in [0.29, 0.717) is 17.4 Å². The number of aliphatic hydroxyl groups is 1. The molecule has 4 nitrogen and oxygen atoms in total. The molecule has 2 aliphatic rings. The van der Waals surface area contributed by atoms with E-state index in [-0.39, 0.29) is 12.1 Å². The molecule has 1 N–H and O–H groups in total. The van der Waals surface area contributed by atoms with Gasteiger partial charge in [0.05, 0.1) is 17.6 Å². The summed E-state index contributed by atoms with van der Waals surface area (Å²) < 4.78 is 22.9.